The fourth-order valence-corrected chi connectivity index (χ4v) is 4.02. The van der Waals surface area contributed by atoms with Gasteiger partial charge in [-0.3, -0.25) is 4.90 Å². The van der Waals surface area contributed by atoms with Gasteiger partial charge >= 0.3 is 0 Å². The van der Waals surface area contributed by atoms with Crippen LogP contribution < -0.4 is 5.31 Å². The van der Waals surface area contributed by atoms with E-state index in [4.69, 9.17) is 6.89 Å². The predicted octanol–water partition coefficient (Wildman–Crippen LogP) is 5.17. The van der Waals surface area contributed by atoms with Crippen molar-refractivity contribution in [1.29, 1.82) is 0 Å². The van der Waals surface area contributed by atoms with Crippen LogP contribution in [0.3, 0.4) is 0 Å². The van der Waals surface area contributed by atoms with Gasteiger partial charge in [0.05, 0.1) is 8.13 Å². The lowest BCUT2D eigenvalue weighted by Gasteiger charge is -2.32. The van der Waals surface area contributed by atoms with Crippen LogP contribution in [-0.2, 0) is 6.52 Å². The maximum Gasteiger partial charge on any atom is 0.162 e. The van der Waals surface area contributed by atoms with Crippen molar-refractivity contribution in [2.24, 2.45) is 0 Å². The second kappa shape index (κ2) is 8.09. The number of rotatable bonds is 5. The Labute approximate surface area is 174 Å². The molecule has 3 heterocycles. The Balaban J connectivity index is 1.57. The topological polar surface area (TPSA) is 41.1 Å². The summed E-state index contributed by atoms with van der Waals surface area (Å²) in [4.78, 5) is 11.1. The van der Waals surface area contributed by atoms with Gasteiger partial charge in [-0.2, -0.15) is 0 Å². The number of thiophene rings is 1. The molecular weight excluding hydrogens is 378 g/mol. The van der Waals surface area contributed by atoms with Crippen LogP contribution in [0.15, 0.2) is 30.6 Å². The van der Waals surface area contributed by atoms with Gasteiger partial charge in [-0.25, -0.2) is 18.7 Å². The molecule has 1 aliphatic rings. The van der Waals surface area contributed by atoms with Crippen molar-refractivity contribution < 1.29 is 15.7 Å². The number of hydrogen-bond donors (Lipinski definition) is 1. The summed E-state index contributed by atoms with van der Waals surface area (Å²) in [6.45, 7) is 2.95. The van der Waals surface area contributed by atoms with Gasteiger partial charge in [0.25, 0.3) is 0 Å². The number of nitrogens with zero attached hydrogens (tertiary/aromatic N) is 3. The molecule has 3 aromatic rings. The Morgan fingerprint density at radius 2 is 2.07 bits per heavy atom. The number of nitrogens with one attached hydrogen (secondary N) is 1. The van der Waals surface area contributed by atoms with Crippen LogP contribution in [0, 0.1) is 11.6 Å². The summed E-state index contributed by atoms with van der Waals surface area (Å²) in [5.41, 5.74) is 0.202. The van der Waals surface area contributed by atoms with Gasteiger partial charge in [-0.1, -0.05) is 13.8 Å². The molecule has 1 N–H and O–H groups in total. The third-order valence-corrected chi connectivity index (χ3v) is 5.76. The highest BCUT2D eigenvalue weighted by Crippen LogP contribution is 2.33. The lowest BCUT2D eigenvalue weighted by molar-refractivity contribution is 0.211. The van der Waals surface area contributed by atoms with Crippen molar-refractivity contribution in [3.05, 3.63) is 52.6 Å². The smallest absolute Gasteiger partial charge is 0.162 e. The maximum atomic E-state index is 13.6. The minimum Gasteiger partial charge on any atom is -0.367 e. The highest BCUT2D eigenvalue weighted by Gasteiger charge is 2.21. The average molecular weight is 408 g/mol. The molecule has 1 aromatic carbocycles. The monoisotopic (exact) mass is 407 g/mol. The first-order chi connectivity index (χ1) is 15.4. The molecule has 1 atom stereocenters. The highest BCUT2D eigenvalue weighted by molar-refractivity contribution is 7.18. The summed E-state index contributed by atoms with van der Waals surface area (Å²) < 4.78 is 70.0. The predicted molar refractivity (Wildman–Crippen MR) is 110 cm³/mol. The second-order valence-electron chi connectivity index (χ2n) is 6.98. The van der Waals surface area contributed by atoms with Crippen LogP contribution in [0.25, 0.3) is 10.2 Å². The first-order valence-corrected chi connectivity index (χ1v) is 9.88. The lowest BCUT2D eigenvalue weighted by Crippen LogP contribution is -2.38. The third kappa shape index (κ3) is 4.31. The van der Waals surface area contributed by atoms with E-state index in [1.54, 1.807) is 18.7 Å². The molecule has 0 radical (unpaired) electrons. The standard InChI is InChI=1S/C21H24F2N4S/c1-13(2)19-10-18-20(24-12-25-21(18)28-19)26-17-3-5-27(6-4-17)11-14-7-15(22)9-16(23)8-14/h7-10,12-13,17H,3-6,11H2,1-2H3,(H,24,25,26)/i10D,11D,13D,17D/hD. The van der Waals surface area contributed by atoms with Crippen LogP contribution in [0.4, 0.5) is 14.6 Å². The number of likely N-dealkylation sites (tertiary alicyclic amines) is 1. The molecule has 2 aromatic heterocycles. The van der Waals surface area contributed by atoms with E-state index in [1.807, 2.05) is 0 Å². The van der Waals surface area contributed by atoms with Crippen LogP contribution in [0.5, 0.6) is 0 Å². The summed E-state index contributed by atoms with van der Waals surface area (Å²) in [5, 5.41) is 1.36. The highest BCUT2D eigenvalue weighted by atomic mass is 32.1. The molecule has 4 rings (SSSR count). The summed E-state index contributed by atoms with van der Waals surface area (Å²) >= 11 is 1.22. The quantitative estimate of drug-likeness (QED) is 0.634. The Hall–Kier alpha value is -2.12. The van der Waals surface area contributed by atoms with E-state index in [1.165, 1.54) is 17.7 Å². The molecule has 1 unspecified atom stereocenters. The molecule has 0 spiro atoms. The minimum absolute atomic E-state index is 0.100. The van der Waals surface area contributed by atoms with Gasteiger partial charge < -0.3 is 5.31 Å². The van der Waals surface area contributed by atoms with Gasteiger partial charge in [0.2, 0.25) is 0 Å². The molecule has 4 nitrogen and oxygen atoms in total. The van der Waals surface area contributed by atoms with Crippen LogP contribution in [0.1, 0.15) is 48.5 Å². The van der Waals surface area contributed by atoms with E-state index in [0.717, 1.165) is 23.5 Å². The first kappa shape index (κ1) is 14.0. The SMILES string of the molecule is [2H]c1c(C([2H])(C)C)sc2ncnc(N([2H])C3([2H])CCN(C([2H])c4cc(F)cc(F)c4)CC3)c12. The van der Waals surface area contributed by atoms with E-state index >= 15 is 0 Å². The van der Waals surface area contributed by atoms with E-state index < -0.39 is 30.1 Å². The zero-order valence-corrected chi connectivity index (χ0v) is 16.5. The first-order valence-electron chi connectivity index (χ1n) is 11.6. The van der Waals surface area contributed by atoms with Gasteiger partial charge in [0.1, 0.15) is 28.6 Å². The zero-order valence-electron chi connectivity index (χ0n) is 20.7. The fraction of sp³-hybridized carbons (Fsp3) is 0.429. The van der Waals surface area contributed by atoms with Gasteiger partial charge in [0, 0.05) is 39.3 Å². The third-order valence-electron chi connectivity index (χ3n) is 4.54. The number of piperidine rings is 1. The van der Waals surface area contributed by atoms with Crippen molar-refractivity contribution in [2.75, 3.05) is 18.4 Å². The molecule has 0 bridgehead atoms. The Kier molecular flexibility index (Phi) is 4.03. The Morgan fingerprint density at radius 1 is 1.36 bits per heavy atom. The molecule has 0 aliphatic carbocycles. The van der Waals surface area contributed by atoms with Crippen LogP contribution >= 0.6 is 11.3 Å². The maximum absolute atomic E-state index is 13.6. The van der Waals surface area contributed by atoms with Crippen molar-refractivity contribution in [3.8, 4) is 0 Å². The number of fused-ring (bicyclic) bond motifs is 1. The van der Waals surface area contributed by atoms with Crippen molar-refractivity contribution in [1.82, 2.24) is 14.9 Å². The van der Waals surface area contributed by atoms with E-state index in [9.17, 15) is 8.78 Å². The number of aromatic nitrogens is 2. The van der Waals surface area contributed by atoms with Crippen molar-refractivity contribution in [3.63, 3.8) is 0 Å². The van der Waals surface area contributed by atoms with E-state index in [-0.39, 0.29) is 43.4 Å². The summed E-state index contributed by atoms with van der Waals surface area (Å²) in [7, 11) is 0. The number of anilines is 1. The molecule has 148 valence electrons. The molecule has 0 amide bonds. The molecule has 1 aliphatic heterocycles. The van der Waals surface area contributed by atoms with Gasteiger partial charge in [-0.05, 0) is 42.5 Å². The average Bonchev–Trinajstić information content (AvgIpc) is 3.10. The molecule has 28 heavy (non-hydrogen) atoms. The van der Waals surface area contributed by atoms with Crippen molar-refractivity contribution >= 4 is 27.4 Å². The van der Waals surface area contributed by atoms with Gasteiger partial charge in [0.15, 0.2) is 1.41 Å². The minimum atomic E-state index is -1.37. The van der Waals surface area contributed by atoms with Crippen molar-refractivity contribution in [2.45, 2.75) is 45.1 Å². The van der Waals surface area contributed by atoms with Crippen LogP contribution in [0.2, 0.25) is 1.41 Å². The van der Waals surface area contributed by atoms with E-state index in [0.29, 0.717) is 15.1 Å². The van der Waals surface area contributed by atoms with E-state index in [2.05, 4.69) is 9.97 Å². The van der Waals surface area contributed by atoms with Crippen LogP contribution in [-0.4, -0.2) is 34.0 Å². The Morgan fingerprint density at radius 3 is 2.75 bits per heavy atom. The lowest BCUT2D eigenvalue weighted by atomic mass is 10.0. The fourth-order valence-electron chi connectivity index (χ4n) is 3.13. The molecule has 1 saturated heterocycles. The molecular formula is C21H24F2N4S. The number of halogens is 2. The summed E-state index contributed by atoms with van der Waals surface area (Å²) in [5.74, 6) is -2.33. The number of hydrogen-bond acceptors (Lipinski definition) is 5. The molecule has 1 fully saturated rings. The second-order valence-corrected chi connectivity index (χ2v) is 7.98. The Bertz CT molecular complexity index is 1160. The molecule has 7 heteroatoms. The number of benzene rings is 1. The summed E-state index contributed by atoms with van der Waals surface area (Å²) in [6.07, 6.45) is 1.69. The normalized spacial score (nSPS) is 21.4. The summed E-state index contributed by atoms with van der Waals surface area (Å²) in [6, 6.07) is 1.77. The zero-order chi connectivity index (χ0) is 24.1. The van der Waals surface area contributed by atoms with Gasteiger partial charge in [-0.15, -0.1) is 11.3 Å². The molecule has 0 saturated carbocycles. The largest absolute Gasteiger partial charge is 0.367 e.